The van der Waals surface area contributed by atoms with E-state index in [-0.39, 0.29) is 31.4 Å². The Balaban J connectivity index is 2.20. The minimum Gasteiger partial charge on any atom is -0.481 e. The zero-order chi connectivity index (χ0) is 13.1. The molecule has 1 aromatic rings. The molecule has 0 saturated carbocycles. The number of benzene rings is 1. The van der Waals surface area contributed by atoms with Gasteiger partial charge in [-0.2, -0.15) is 0 Å². The first-order chi connectivity index (χ1) is 8.61. The Bertz CT molecular complexity index is 487. The van der Waals surface area contributed by atoms with Crippen molar-refractivity contribution < 1.29 is 19.1 Å². The van der Waals surface area contributed by atoms with Crippen molar-refractivity contribution in [3.8, 4) is 5.75 Å². The number of nitrogens with zero attached hydrogens (tertiary/aromatic N) is 1. The summed E-state index contributed by atoms with van der Waals surface area (Å²) in [6, 6.07) is 5.05. The van der Waals surface area contributed by atoms with E-state index in [1.54, 1.807) is 18.2 Å². The van der Waals surface area contributed by atoms with E-state index < -0.39 is 0 Å². The predicted molar refractivity (Wildman–Crippen MR) is 65.3 cm³/mol. The smallest absolute Gasteiger partial charge is 0.307 e. The Morgan fingerprint density at radius 2 is 2.33 bits per heavy atom. The quantitative estimate of drug-likeness (QED) is 0.626. The van der Waals surface area contributed by atoms with Gasteiger partial charge in [-0.05, 0) is 12.1 Å². The molecule has 6 nitrogen and oxygen atoms in total. The van der Waals surface area contributed by atoms with Gasteiger partial charge in [0.05, 0.1) is 19.2 Å². The fraction of sp³-hybridized carbons (Fsp3) is 0.333. The van der Waals surface area contributed by atoms with Crippen molar-refractivity contribution >= 4 is 23.3 Å². The average molecular weight is 250 g/mol. The number of fused-ring (bicyclic) bond motifs is 1. The lowest BCUT2D eigenvalue weighted by Gasteiger charge is -2.29. The van der Waals surface area contributed by atoms with Gasteiger partial charge in [-0.25, -0.2) is 0 Å². The van der Waals surface area contributed by atoms with Gasteiger partial charge < -0.3 is 20.1 Å². The maximum Gasteiger partial charge on any atom is 0.307 e. The molecule has 18 heavy (non-hydrogen) atoms. The normalized spacial score (nSPS) is 13.8. The van der Waals surface area contributed by atoms with E-state index in [0.717, 1.165) is 0 Å². The molecule has 0 aliphatic carbocycles. The molecular formula is C12H14N2O4. The second kappa shape index (κ2) is 4.95. The van der Waals surface area contributed by atoms with Crippen LogP contribution in [-0.4, -0.2) is 32.1 Å². The first-order valence-corrected chi connectivity index (χ1v) is 5.51. The standard InChI is InChI=1S/C12H14N2O4/c1-17-12(16)4-5-14-9-3-2-8(13)6-10(9)18-7-11(14)15/h2-3,6H,4-5,7,13H2,1H3. The highest BCUT2D eigenvalue weighted by atomic mass is 16.5. The molecular weight excluding hydrogens is 236 g/mol. The highest BCUT2D eigenvalue weighted by Gasteiger charge is 2.25. The van der Waals surface area contributed by atoms with Gasteiger partial charge in [-0.3, -0.25) is 9.59 Å². The SMILES string of the molecule is COC(=O)CCN1C(=O)COc2cc(N)ccc21. The van der Waals surface area contributed by atoms with Crippen molar-refractivity contribution in [2.45, 2.75) is 6.42 Å². The lowest BCUT2D eigenvalue weighted by molar-refractivity contribution is -0.140. The van der Waals surface area contributed by atoms with Crippen LogP contribution in [0, 0.1) is 0 Å². The second-order valence-electron chi connectivity index (χ2n) is 3.89. The molecule has 1 aromatic carbocycles. The zero-order valence-electron chi connectivity index (χ0n) is 10.0. The maximum atomic E-state index is 11.8. The number of nitrogens with two attached hydrogens (primary N) is 1. The molecule has 0 bridgehead atoms. The van der Waals surface area contributed by atoms with Crippen molar-refractivity contribution in [2.24, 2.45) is 0 Å². The second-order valence-corrected chi connectivity index (χ2v) is 3.89. The third-order valence-electron chi connectivity index (χ3n) is 2.69. The van der Waals surface area contributed by atoms with E-state index in [9.17, 15) is 9.59 Å². The molecule has 0 aromatic heterocycles. The van der Waals surface area contributed by atoms with Crippen LogP contribution in [0.5, 0.6) is 5.75 Å². The van der Waals surface area contributed by atoms with Crippen LogP contribution >= 0.6 is 0 Å². The number of nitrogen functional groups attached to an aromatic ring is 1. The number of carbonyl (C=O) groups excluding carboxylic acids is 2. The zero-order valence-corrected chi connectivity index (χ0v) is 10.0. The molecule has 96 valence electrons. The highest BCUT2D eigenvalue weighted by molar-refractivity contribution is 5.98. The summed E-state index contributed by atoms with van der Waals surface area (Å²) in [6.07, 6.45) is 0.145. The Morgan fingerprint density at radius 1 is 1.56 bits per heavy atom. The number of hydrogen-bond acceptors (Lipinski definition) is 5. The van der Waals surface area contributed by atoms with Gasteiger partial charge >= 0.3 is 5.97 Å². The summed E-state index contributed by atoms with van der Waals surface area (Å²) in [6.45, 7) is 0.226. The third-order valence-corrected chi connectivity index (χ3v) is 2.69. The van der Waals surface area contributed by atoms with Gasteiger partial charge in [-0.1, -0.05) is 0 Å². The van der Waals surface area contributed by atoms with Gasteiger partial charge in [0.2, 0.25) is 0 Å². The number of rotatable bonds is 3. The van der Waals surface area contributed by atoms with E-state index >= 15 is 0 Å². The van der Waals surface area contributed by atoms with Crippen LogP contribution < -0.4 is 15.4 Å². The number of amides is 1. The molecule has 0 fully saturated rings. The summed E-state index contributed by atoms with van der Waals surface area (Å²) in [5.41, 5.74) is 6.84. The molecule has 1 aliphatic heterocycles. The van der Waals surface area contributed by atoms with Crippen LogP contribution in [0.25, 0.3) is 0 Å². The fourth-order valence-corrected chi connectivity index (χ4v) is 1.77. The summed E-state index contributed by atoms with van der Waals surface area (Å²) in [4.78, 5) is 24.4. The molecule has 1 amide bonds. The van der Waals surface area contributed by atoms with E-state index in [0.29, 0.717) is 17.1 Å². The van der Waals surface area contributed by atoms with Gasteiger partial charge in [0.15, 0.2) is 6.61 Å². The summed E-state index contributed by atoms with van der Waals surface area (Å²) in [5.74, 6) is 0.0157. The number of hydrogen-bond donors (Lipinski definition) is 1. The minimum atomic E-state index is -0.355. The highest BCUT2D eigenvalue weighted by Crippen LogP contribution is 2.33. The molecule has 0 saturated heterocycles. The third kappa shape index (κ3) is 2.37. The van der Waals surface area contributed by atoms with Gasteiger partial charge in [0, 0.05) is 18.3 Å². The number of ether oxygens (including phenoxy) is 2. The van der Waals surface area contributed by atoms with Crippen LogP contribution in [0.4, 0.5) is 11.4 Å². The summed E-state index contributed by atoms with van der Waals surface area (Å²) in [7, 11) is 1.32. The van der Waals surface area contributed by atoms with Crippen molar-refractivity contribution in [3.05, 3.63) is 18.2 Å². The van der Waals surface area contributed by atoms with Crippen molar-refractivity contribution in [2.75, 3.05) is 30.9 Å². The summed E-state index contributed by atoms with van der Waals surface area (Å²) in [5, 5.41) is 0. The first kappa shape index (κ1) is 12.2. The molecule has 0 atom stereocenters. The van der Waals surface area contributed by atoms with Crippen LogP contribution in [0.1, 0.15) is 6.42 Å². The van der Waals surface area contributed by atoms with Gasteiger partial charge in [0.25, 0.3) is 5.91 Å². The number of methoxy groups -OCH3 is 1. The first-order valence-electron chi connectivity index (χ1n) is 5.51. The van der Waals surface area contributed by atoms with Crippen molar-refractivity contribution in [1.82, 2.24) is 0 Å². The Morgan fingerprint density at radius 3 is 3.06 bits per heavy atom. The maximum absolute atomic E-state index is 11.8. The Kier molecular flexibility index (Phi) is 3.36. The van der Waals surface area contributed by atoms with Crippen LogP contribution in [0.3, 0.4) is 0 Å². The van der Waals surface area contributed by atoms with Crippen LogP contribution in [0.15, 0.2) is 18.2 Å². The lowest BCUT2D eigenvalue weighted by Crippen LogP contribution is -2.40. The minimum absolute atomic E-state index is 0.0440. The van der Waals surface area contributed by atoms with Crippen molar-refractivity contribution in [3.63, 3.8) is 0 Å². The van der Waals surface area contributed by atoms with E-state index in [1.165, 1.54) is 12.0 Å². The van der Waals surface area contributed by atoms with E-state index in [1.807, 2.05) is 0 Å². The molecule has 1 aliphatic rings. The molecule has 2 rings (SSSR count). The Labute approximate surface area is 104 Å². The fourth-order valence-electron chi connectivity index (χ4n) is 1.77. The molecule has 1 heterocycles. The largest absolute Gasteiger partial charge is 0.481 e. The Hall–Kier alpha value is -2.24. The van der Waals surface area contributed by atoms with Crippen LogP contribution in [0.2, 0.25) is 0 Å². The van der Waals surface area contributed by atoms with Gasteiger partial charge in [-0.15, -0.1) is 0 Å². The summed E-state index contributed by atoms with van der Waals surface area (Å²) < 4.78 is 9.85. The molecule has 2 N–H and O–H groups in total. The van der Waals surface area contributed by atoms with Crippen molar-refractivity contribution in [1.29, 1.82) is 0 Å². The molecule has 0 unspecified atom stereocenters. The van der Waals surface area contributed by atoms with E-state index in [2.05, 4.69) is 4.74 Å². The lowest BCUT2D eigenvalue weighted by atomic mass is 10.2. The predicted octanol–water partition coefficient (Wildman–Crippen LogP) is 0.557. The van der Waals surface area contributed by atoms with E-state index in [4.69, 9.17) is 10.5 Å². The molecule has 0 radical (unpaired) electrons. The molecule has 6 heteroatoms. The number of carbonyl (C=O) groups is 2. The van der Waals surface area contributed by atoms with Crippen LogP contribution in [-0.2, 0) is 14.3 Å². The summed E-state index contributed by atoms with van der Waals surface area (Å²) >= 11 is 0. The van der Waals surface area contributed by atoms with Gasteiger partial charge in [0.1, 0.15) is 5.75 Å². The number of anilines is 2. The average Bonchev–Trinajstić information content (AvgIpc) is 2.37. The molecule has 0 spiro atoms. The topological polar surface area (TPSA) is 81.9 Å². The monoisotopic (exact) mass is 250 g/mol. The number of esters is 1.